The van der Waals surface area contributed by atoms with Crippen LogP contribution in [0.2, 0.25) is 0 Å². The highest BCUT2D eigenvalue weighted by atomic mass is 14.4. The molecule has 0 saturated carbocycles. The van der Waals surface area contributed by atoms with Crippen LogP contribution in [0.3, 0.4) is 0 Å². The fraction of sp³-hybridized carbons (Fsp3) is 0.797. The number of hydrogen-bond acceptors (Lipinski definition) is 0. The normalized spacial score (nSPS) is 12.4. The van der Waals surface area contributed by atoms with E-state index in [1.807, 2.05) is 0 Å². The first-order chi connectivity index (χ1) is 31.6. The van der Waals surface area contributed by atoms with Crippen LogP contribution in [0.5, 0.6) is 0 Å². The van der Waals surface area contributed by atoms with E-state index in [4.69, 9.17) is 0 Å². The summed E-state index contributed by atoms with van der Waals surface area (Å²) in [7, 11) is 0. The van der Waals surface area contributed by atoms with Crippen molar-refractivity contribution >= 4 is 0 Å². The van der Waals surface area contributed by atoms with Crippen LogP contribution in [0.4, 0.5) is 0 Å². The average Bonchev–Trinajstić information content (AvgIpc) is 3.31. The fourth-order valence-corrected chi connectivity index (χ4v) is 10.7. The molecule has 0 aliphatic heterocycles. The third-order valence-corrected chi connectivity index (χ3v) is 15.1. The van der Waals surface area contributed by atoms with Gasteiger partial charge in [-0.2, -0.15) is 0 Å². The van der Waals surface area contributed by atoms with Gasteiger partial charge in [0, 0.05) is 5.41 Å². The first kappa shape index (κ1) is 58.6. The quantitative estimate of drug-likeness (QED) is 0.0581. The van der Waals surface area contributed by atoms with E-state index < -0.39 is 0 Å². The van der Waals surface area contributed by atoms with E-state index in [9.17, 15) is 0 Å². The third kappa shape index (κ3) is 29.9. The van der Waals surface area contributed by atoms with Crippen LogP contribution in [0.1, 0.15) is 327 Å². The Morgan fingerprint density at radius 3 is 0.828 bits per heavy atom. The van der Waals surface area contributed by atoms with E-state index >= 15 is 0 Å². The zero-order valence-electron chi connectivity index (χ0n) is 44.4. The van der Waals surface area contributed by atoms with Crippen LogP contribution in [0.25, 0.3) is 0 Å². The standard InChI is InChI=1S/C64H113/c1-6-10-14-16-18-20-22-24-26-28-30-32-34-36-38-40-42-44-47-60-49-53-62(54-50-60)64(57-13-9-4,58-59(5)46-12-8-3)63-55-51-61(52-56-63)48-45-43-41-39-37-35-33-31-29-27-25-23-21-19-17-15-11-7-2/h49-56,58-59H,6-48,57H2,1-5H3. The van der Waals surface area contributed by atoms with Crippen molar-refractivity contribution in [1.82, 2.24) is 0 Å². The highest BCUT2D eigenvalue weighted by Gasteiger charge is 2.35. The highest BCUT2D eigenvalue weighted by Crippen LogP contribution is 2.43. The minimum Gasteiger partial charge on any atom is -0.0654 e. The summed E-state index contributed by atoms with van der Waals surface area (Å²) in [6.07, 6.45) is 64.7. The second-order valence-corrected chi connectivity index (χ2v) is 21.3. The summed E-state index contributed by atoms with van der Waals surface area (Å²) >= 11 is 0. The highest BCUT2D eigenvalue weighted by molar-refractivity contribution is 5.45. The zero-order valence-corrected chi connectivity index (χ0v) is 44.4. The van der Waals surface area contributed by atoms with E-state index in [0.29, 0.717) is 5.92 Å². The van der Waals surface area contributed by atoms with Gasteiger partial charge in [-0.3, -0.25) is 0 Å². The Bertz CT molecular complexity index is 1140. The molecule has 0 nitrogen and oxygen atoms in total. The first-order valence-electron chi connectivity index (χ1n) is 29.6. The smallest absolute Gasteiger partial charge is 0.0236 e. The molecule has 0 amide bonds. The molecule has 0 aromatic heterocycles. The van der Waals surface area contributed by atoms with Gasteiger partial charge < -0.3 is 0 Å². The molecule has 1 radical (unpaired) electrons. The monoisotopic (exact) mass is 882 g/mol. The van der Waals surface area contributed by atoms with E-state index in [0.717, 1.165) is 0 Å². The first-order valence-corrected chi connectivity index (χ1v) is 29.6. The van der Waals surface area contributed by atoms with Gasteiger partial charge in [-0.1, -0.05) is 334 Å². The molecule has 0 spiro atoms. The Hall–Kier alpha value is -1.56. The molecule has 0 bridgehead atoms. The molecule has 2 aromatic carbocycles. The Morgan fingerprint density at radius 1 is 0.312 bits per heavy atom. The van der Waals surface area contributed by atoms with Crippen molar-refractivity contribution in [1.29, 1.82) is 0 Å². The van der Waals surface area contributed by atoms with Crippen molar-refractivity contribution < 1.29 is 0 Å². The van der Waals surface area contributed by atoms with Crippen LogP contribution in [-0.4, -0.2) is 0 Å². The van der Waals surface area contributed by atoms with Gasteiger partial charge in [0.25, 0.3) is 0 Å². The zero-order chi connectivity index (χ0) is 45.9. The maximum atomic E-state index is 2.77. The van der Waals surface area contributed by atoms with Gasteiger partial charge in [-0.25, -0.2) is 0 Å². The molecule has 1 atom stereocenters. The molecule has 0 heterocycles. The summed E-state index contributed by atoms with van der Waals surface area (Å²) in [5.41, 5.74) is 6.08. The topological polar surface area (TPSA) is 0 Å². The number of hydrogen-bond donors (Lipinski definition) is 0. The molecular formula is C64H113. The van der Waals surface area contributed by atoms with E-state index in [1.165, 1.54) is 305 Å². The van der Waals surface area contributed by atoms with E-state index in [-0.39, 0.29) is 5.41 Å². The lowest BCUT2D eigenvalue weighted by Gasteiger charge is -2.38. The summed E-state index contributed by atoms with van der Waals surface area (Å²) in [4.78, 5) is 0. The summed E-state index contributed by atoms with van der Waals surface area (Å²) in [6.45, 7) is 11.8. The lowest BCUT2D eigenvalue weighted by Crippen LogP contribution is -2.31. The SMILES string of the molecule is CCCCCCCCCCCCCCCCCCCCc1ccc(C([CH]C(C)CCCC)(CCCC)c2ccc(CCCCCCCCCCCCCCCCCCCC)cc2)cc1. The van der Waals surface area contributed by atoms with Gasteiger partial charge in [-0.05, 0) is 66.7 Å². The molecule has 0 saturated heterocycles. The second-order valence-electron chi connectivity index (χ2n) is 21.3. The van der Waals surface area contributed by atoms with Crippen molar-refractivity contribution in [2.45, 2.75) is 323 Å². The Kier molecular flexibility index (Phi) is 39.1. The van der Waals surface area contributed by atoms with Crippen molar-refractivity contribution in [2.24, 2.45) is 5.92 Å². The number of benzene rings is 2. The predicted molar refractivity (Wildman–Crippen MR) is 291 cm³/mol. The minimum absolute atomic E-state index is 0.0126. The molecule has 369 valence electrons. The Morgan fingerprint density at radius 2 is 0.562 bits per heavy atom. The second kappa shape index (κ2) is 42.8. The maximum absolute atomic E-state index is 2.77. The van der Waals surface area contributed by atoms with Crippen molar-refractivity contribution in [3.63, 3.8) is 0 Å². The molecule has 0 aliphatic rings. The molecule has 0 fully saturated rings. The van der Waals surface area contributed by atoms with Gasteiger partial charge >= 0.3 is 0 Å². The summed E-state index contributed by atoms with van der Waals surface area (Å²) in [5, 5.41) is 0. The van der Waals surface area contributed by atoms with Crippen LogP contribution >= 0.6 is 0 Å². The molecule has 1 unspecified atom stereocenters. The van der Waals surface area contributed by atoms with Gasteiger partial charge in [0.15, 0.2) is 0 Å². The minimum atomic E-state index is -0.0126. The molecule has 0 heteroatoms. The van der Waals surface area contributed by atoms with Crippen LogP contribution in [0.15, 0.2) is 48.5 Å². The lowest BCUT2D eigenvalue weighted by atomic mass is 9.65. The molecule has 2 aromatic rings. The average molecular weight is 883 g/mol. The van der Waals surface area contributed by atoms with Crippen molar-refractivity contribution in [2.75, 3.05) is 0 Å². The molecule has 64 heavy (non-hydrogen) atoms. The van der Waals surface area contributed by atoms with Crippen molar-refractivity contribution in [3.05, 3.63) is 77.2 Å². The molecule has 0 aliphatic carbocycles. The lowest BCUT2D eigenvalue weighted by molar-refractivity contribution is 0.432. The molecule has 2 rings (SSSR count). The largest absolute Gasteiger partial charge is 0.0654 e. The van der Waals surface area contributed by atoms with E-state index in [2.05, 4.69) is 89.6 Å². The van der Waals surface area contributed by atoms with Gasteiger partial charge in [0.1, 0.15) is 0 Å². The summed E-state index contributed by atoms with van der Waals surface area (Å²) in [5.74, 6) is 0.607. The van der Waals surface area contributed by atoms with Gasteiger partial charge in [-0.15, -0.1) is 0 Å². The summed E-state index contributed by atoms with van der Waals surface area (Å²) in [6, 6.07) is 20.0. The van der Waals surface area contributed by atoms with E-state index in [1.54, 1.807) is 0 Å². The van der Waals surface area contributed by atoms with Crippen LogP contribution in [0, 0.1) is 12.3 Å². The van der Waals surface area contributed by atoms with Crippen LogP contribution in [-0.2, 0) is 18.3 Å². The van der Waals surface area contributed by atoms with Crippen molar-refractivity contribution in [3.8, 4) is 0 Å². The number of rotatable bonds is 48. The van der Waals surface area contributed by atoms with Gasteiger partial charge in [0.2, 0.25) is 0 Å². The Labute approximate surface area is 403 Å². The summed E-state index contributed by atoms with van der Waals surface area (Å²) < 4.78 is 0. The maximum Gasteiger partial charge on any atom is 0.0236 e. The van der Waals surface area contributed by atoms with Gasteiger partial charge in [0.05, 0.1) is 0 Å². The van der Waals surface area contributed by atoms with Crippen LogP contribution < -0.4 is 0 Å². The molecule has 0 N–H and O–H groups in total. The predicted octanol–water partition coefficient (Wildman–Crippen LogP) is 22.4. The number of aryl methyl sites for hydroxylation is 2. The Balaban J connectivity index is 1.73. The fourth-order valence-electron chi connectivity index (χ4n) is 10.7. The number of unbranched alkanes of at least 4 members (excludes halogenated alkanes) is 36. The molecular weight excluding hydrogens is 769 g/mol. The third-order valence-electron chi connectivity index (χ3n) is 15.1.